The minimum atomic E-state index is -0.874. The number of nitrogens with zero attached hydrogens (tertiary/aromatic N) is 3. The molecule has 4 N–H and O–H groups in total. The summed E-state index contributed by atoms with van der Waals surface area (Å²) in [5.74, 6) is -0.423. The summed E-state index contributed by atoms with van der Waals surface area (Å²) in [4.78, 5) is 26.0. The number of aliphatic hydroxyl groups excluding tert-OH is 1. The minimum absolute atomic E-state index is 0.0340. The third-order valence-electron chi connectivity index (χ3n) is 8.58. The highest BCUT2D eigenvalue weighted by molar-refractivity contribution is 7.14. The highest BCUT2D eigenvalue weighted by atomic mass is 32.1. The Hall–Kier alpha value is -3.08. The van der Waals surface area contributed by atoms with Crippen LogP contribution in [0, 0.1) is 5.82 Å². The van der Waals surface area contributed by atoms with Gasteiger partial charge in [0.2, 0.25) is 5.95 Å². The predicted octanol–water partition coefficient (Wildman–Crippen LogP) is 5.06. The molecule has 1 aromatic carbocycles. The van der Waals surface area contributed by atoms with Crippen LogP contribution < -0.4 is 16.0 Å². The zero-order valence-corrected chi connectivity index (χ0v) is 24.2. The number of aliphatic hydroxyl groups is 1. The van der Waals surface area contributed by atoms with E-state index in [1.807, 2.05) is 18.2 Å². The lowest BCUT2D eigenvalue weighted by Gasteiger charge is -2.35. The van der Waals surface area contributed by atoms with Gasteiger partial charge in [-0.1, -0.05) is 12.1 Å². The number of anilines is 3. The van der Waals surface area contributed by atoms with E-state index in [0.717, 1.165) is 44.1 Å². The molecule has 3 aromatic rings. The monoisotopic (exact) mass is 578 g/mol. The van der Waals surface area contributed by atoms with E-state index in [-0.39, 0.29) is 17.7 Å². The molecule has 3 atom stereocenters. The molecule has 2 aliphatic carbocycles. The fraction of sp³-hybridized carbons (Fsp3) is 0.516. The summed E-state index contributed by atoms with van der Waals surface area (Å²) in [6.07, 6.45) is 10.4. The first-order chi connectivity index (χ1) is 20.0. The van der Waals surface area contributed by atoms with Gasteiger partial charge in [0.15, 0.2) is 11.6 Å². The van der Waals surface area contributed by atoms with E-state index in [0.29, 0.717) is 17.7 Å². The normalized spacial score (nSPS) is 22.7. The van der Waals surface area contributed by atoms with Crippen molar-refractivity contribution in [2.45, 2.75) is 82.4 Å². The average Bonchev–Trinajstić information content (AvgIpc) is 3.67. The van der Waals surface area contributed by atoms with Crippen LogP contribution in [0.25, 0.3) is 0 Å². The van der Waals surface area contributed by atoms with Gasteiger partial charge in [-0.25, -0.2) is 9.37 Å². The summed E-state index contributed by atoms with van der Waals surface area (Å²) >= 11 is 1.56. The van der Waals surface area contributed by atoms with Crippen molar-refractivity contribution in [3.63, 3.8) is 0 Å². The maximum absolute atomic E-state index is 14.7. The van der Waals surface area contributed by atoms with Crippen molar-refractivity contribution in [1.29, 1.82) is 0 Å². The van der Waals surface area contributed by atoms with Gasteiger partial charge in [0.1, 0.15) is 0 Å². The lowest BCUT2D eigenvalue weighted by molar-refractivity contribution is 0.0658. The lowest BCUT2D eigenvalue weighted by Crippen LogP contribution is -2.53. The van der Waals surface area contributed by atoms with Crippen LogP contribution in [0.4, 0.5) is 21.8 Å². The molecular formula is C31H39FN6O2S. The van der Waals surface area contributed by atoms with Crippen molar-refractivity contribution >= 4 is 34.7 Å². The lowest BCUT2D eigenvalue weighted by atomic mass is 9.88. The molecule has 10 heteroatoms. The van der Waals surface area contributed by atoms with Crippen molar-refractivity contribution in [3.8, 4) is 0 Å². The van der Waals surface area contributed by atoms with Crippen molar-refractivity contribution in [2.24, 2.45) is 0 Å². The van der Waals surface area contributed by atoms with Gasteiger partial charge in [-0.15, -0.1) is 11.3 Å². The summed E-state index contributed by atoms with van der Waals surface area (Å²) in [5, 5.41) is 20.4. The second kappa shape index (κ2) is 12.8. The number of hydrogen-bond donors (Lipinski definition) is 4. The summed E-state index contributed by atoms with van der Waals surface area (Å²) in [7, 11) is 0. The molecule has 1 saturated carbocycles. The summed E-state index contributed by atoms with van der Waals surface area (Å²) in [6, 6.07) is 9.31. The molecule has 218 valence electrons. The summed E-state index contributed by atoms with van der Waals surface area (Å²) in [6.45, 7) is 3.47. The smallest absolute Gasteiger partial charge is 0.261 e. The Morgan fingerprint density at radius 1 is 1.05 bits per heavy atom. The van der Waals surface area contributed by atoms with Crippen LogP contribution in [0.3, 0.4) is 0 Å². The molecule has 0 radical (unpaired) electrons. The summed E-state index contributed by atoms with van der Waals surface area (Å²) < 4.78 is 14.7. The topological polar surface area (TPSA) is 102 Å². The number of aromatic nitrogens is 2. The molecule has 1 saturated heterocycles. The van der Waals surface area contributed by atoms with Gasteiger partial charge < -0.3 is 26.0 Å². The molecule has 1 amide bonds. The maximum atomic E-state index is 14.7. The zero-order valence-electron chi connectivity index (χ0n) is 23.4. The molecule has 2 fully saturated rings. The van der Waals surface area contributed by atoms with Gasteiger partial charge in [-0.2, -0.15) is 4.98 Å². The van der Waals surface area contributed by atoms with Crippen LogP contribution in [0.5, 0.6) is 0 Å². The van der Waals surface area contributed by atoms with E-state index >= 15 is 0 Å². The molecule has 41 heavy (non-hydrogen) atoms. The molecule has 2 aromatic heterocycles. The number of likely N-dealkylation sites (tertiary alicyclic amines) is 1. The molecular weight excluding hydrogens is 539 g/mol. The van der Waals surface area contributed by atoms with Gasteiger partial charge in [0.05, 0.1) is 29.3 Å². The second-order valence-corrected chi connectivity index (χ2v) is 12.7. The Morgan fingerprint density at radius 3 is 2.63 bits per heavy atom. The number of carbonyl (C=O) groups is 1. The number of halogens is 1. The van der Waals surface area contributed by atoms with Crippen molar-refractivity contribution in [3.05, 3.63) is 63.2 Å². The molecule has 1 aliphatic heterocycles. The maximum Gasteiger partial charge on any atom is 0.261 e. The fourth-order valence-electron chi connectivity index (χ4n) is 6.22. The van der Waals surface area contributed by atoms with E-state index in [2.05, 4.69) is 43.0 Å². The number of rotatable bonds is 9. The number of amides is 1. The molecule has 3 heterocycles. The van der Waals surface area contributed by atoms with Crippen molar-refractivity contribution in [1.82, 2.24) is 20.2 Å². The zero-order chi connectivity index (χ0) is 28.2. The third-order valence-corrected chi connectivity index (χ3v) is 9.82. The Morgan fingerprint density at radius 2 is 1.83 bits per heavy atom. The predicted molar refractivity (Wildman–Crippen MR) is 161 cm³/mol. The van der Waals surface area contributed by atoms with Crippen LogP contribution in [-0.4, -0.2) is 63.7 Å². The van der Waals surface area contributed by atoms with Gasteiger partial charge in [0, 0.05) is 17.1 Å². The number of nitrogens with one attached hydrogen (secondary N) is 3. The van der Waals surface area contributed by atoms with Crippen LogP contribution in [0.2, 0.25) is 0 Å². The van der Waals surface area contributed by atoms with Crippen molar-refractivity contribution in [2.75, 3.05) is 30.3 Å². The van der Waals surface area contributed by atoms with E-state index < -0.39 is 24.0 Å². The Bertz CT molecular complexity index is 1320. The van der Waals surface area contributed by atoms with Gasteiger partial charge in [0.25, 0.3) is 5.91 Å². The van der Waals surface area contributed by atoms with E-state index in [4.69, 9.17) is 0 Å². The van der Waals surface area contributed by atoms with Crippen LogP contribution >= 0.6 is 11.3 Å². The third kappa shape index (κ3) is 6.88. The van der Waals surface area contributed by atoms with Gasteiger partial charge in [-0.05, 0) is 107 Å². The number of hydrogen-bond acceptors (Lipinski definition) is 8. The quantitative estimate of drug-likeness (QED) is 0.282. The first kappa shape index (κ1) is 28.1. The van der Waals surface area contributed by atoms with E-state index in [1.165, 1.54) is 54.8 Å². The highest BCUT2D eigenvalue weighted by Gasteiger charge is 2.34. The Kier molecular flexibility index (Phi) is 8.78. The van der Waals surface area contributed by atoms with E-state index in [9.17, 15) is 14.3 Å². The second-order valence-electron chi connectivity index (χ2n) is 11.5. The molecule has 6 rings (SSSR count). The van der Waals surface area contributed by atoms with Gasteiger partial charge in [-0.3, -0.25) is 4.79 Å². The minimum Gasteiger partial charge on any atom is -0.389 e. The van der Waals surface area contributed by atoms with E-state index in [1.54, 1.807) is 11.3 Å². The van der Waals surface area contributed by atoms with Gasteiger partial charge >= 0.3 is 0 Å². The first-order valence-corrected chi connectivity index (χ1v) is 15.8. The SMILES string of the molecule is O=C(NC1CCCC(Nc2nc(Nc3ccc(CCN4CCCC4)cc3)ncc2F)C1O)c1cc2c(s1)CCCC2. The summed E-state index contributed by atoms with van der Waals surface area (Å²) in [5.41, 5.74) is 3.38. The molecule has 0 spiro atoms. The number of carbonyl (C=O) groups excluding carboxylic acids is 1. The standard InChI is InChI=1S/C31H39FN6O2S/c32-23-19-33-31(34-22-12-10-20(11-13-22)14-17-38-15-3-4-16-38)37-29(23)35-24-7-5-8-25(28(24)39)36-30(40)27-18-21-6-1-2-9-26(21)41-27/h10-13,18-19,24-25,28,39H,1-9,14-17H2,(H,36,40)(H2,33,34,35,37). The largest absolute Gasteiger partial charge is 0.389 e. The number of benzene rings is 1. The highest BCUT2D eigenvalue weighted by Crippen LogP contribution is 2.30. The molecule has 0 bridgehead atoms. The van der Waals surface area contributed by atoms with Crippen LogP contribution in [0.15, 0.2) is 36.5 Å². The number of fused-ring (bicyclic) bond motifs is 1. The van der Waals surface area contributed by atoms with Crippen LogP contribution in [0.1, 0.15) is 70.6 Å². The average molecular weight is 579 g/mol. The molecule has 8 nitrogen and oxygen atoms in total. The first-order valence-electron chi connectivity index (χ1n) is 15.0. The van der Waals surface area contributed by atoms with Crippen LogP contribution in [-0.2, 0) is 19.3 Å². The number of aryl methyl sites for hydroxylation is 2. The van der Waals surface area contributed by atoms with Crippen molar-refractivity contribution < 1.29 is 14.3 Å². The molecule has 3 unspecified atom stereocenters. The number of thiophene rings is 1. The Labute approximate surface area is 244 Å². The molecule has 3 aliphatic rings. The fourth-order valence-corrected chi connectivity index (χ4v) is 7.38. The Balaban J connectivity index is 1.05.